The minimum absolute atomic E-state index is 0.211. The van der Waals surface area contributed by atoms with Crippen LogP contribution in [-0.2, 0) is 14.4 Å². The number of primary amides is 2. The van der Waals surface area contributed by atoms with Crippen LogP contribution >= 0.6 is 0 Å². The molecule has 150 valence electrons. The number of amides is 2. The summed E-state index contributed by atoms with van der Waals surface area (Å²) in [4.78, 5) is 31.0. The van der Waals surface area contributed by atoms with Crippen LogP contribution in [0.4, 0.5) is 0 Å². The van der Waals surface area contributed by atoms with Gasteiger partial charge in [-0.05, 0) is 61.8 Å². The highest BCUT2D eigenvalue weighted by Crippen LogP contribution is 2.53. The Labute approximate surface area is 155 Å². The zero-order valence-electron chi connectivity index (χ0n) is 17.2. The second-order valence-corrected chi connectivity index (χ2v) is 10.1. The molecule has 2 fully saturated rings. The smallest absolute Gasteiger partial charge is 0.253 e. The molecule has 2 saturated heterocycles. The van der Waals surface area contributed by atoms with E-state index in [0.29, 0.717) is 6.42 Å². The van der Waals surface area contributed by atoms with Crippen LogP contribution in [0.1, 0.15) is 68.2 Å². The van der Waals surface area contributed by atoms with Gasteiger partial charge in [-0.2, -0.15) is 10.1 Å². The molecule has 0 aliphatic carbocycles. The van der Waals surface area contributed by atoms with Gasteiger partial charge in [-0.25, -0.2) is 0 Å². The molecule has 5 N–H and O–H groups in total. The van der Waals surface area contributed by atoms with Gasteiger partial charge in [0.2, 0.25) is 5.91 Å². The van der Waals surface area contributed by atoms with Crippen LogP contribution in [0.15, 0.2) is 0 Å². The SMILES string of the molecule is CC1(C)CC(C(N)=O)C(C)(C)N1OC1(C(N)=O)CC(C)(C)N(O)C1(C)C. The molecule has 2 aliphatic rings. The normalized spacial score (nSPS) is 35.5. The quantitative estimate of drug-likeness (QED) is 0.682. The summed E-state index contributed by atoms with van der Waals surface area (Å²) in [6.07, 6.45) is 0.708. The third-order valence-electron chi connectivity index (χ3n) is 6.39. The first-order valence-corrected chi connectivity index (χ1v) is 9.01. The van der Waals surface area contributed by atoms with E-state index in [0.717, 1.165) is 5.06 Å². The van der Waals surface area contributed by atoms with E-state index in [4.69, 9.17) is 16.3 Å². The van der Waals surface area contributed by atoms with Crippen LogP contribution in [-0.4, -0.2) is 54.9 Å². The molecular formula is C18H34N4O4. The molecule has 2 aliphatic heterocycles. The molecule has 26 heavy (non-hydrogen) atoms. The average molecular weight is 370 g/mol. The maximum atomic E-state index is 12.6. The van der Waals surface area contributed by atoms with Crippen molar-refractivity contribution in [1.82, 2.24) is 10.1 Å². The van der Waals surface area contributed by atoms with Crippen LogP contribution in [0, 0.1) is 5.92 Å². The van der Waals surface area contributed by atoms with Gasteiger partial charge < -0.3 is 16.7 Å². The summed E-state index contributed by atoms with van der Waals surface area (Å²) in [7, 11) is 0. The van der Waals surface area contributed by atoms with E-state index in [-0.39, 0.29) is 6.42 Å². The number of nitrogens with two attached hydrogens (primary N) is 2. The fourth-order valence-corrected chi connectivity index (χ4v) is 5.01. The predicted molar refractivity (Wildman–Crippen MR) is 96.7 cm³/mol. The van der Waals surface area contributed by atoms with E-state index < -0.39 is 45.5 Å². The predicted octanol–water partition coefficient (Wildman–Crippen LogP) is 1.16. The van der Waals surface area contributed by atoms with Gasteiger partial charge in [0.15, 0.2) is 5.60 Å². The van der Waals surface area contributed by atoms with E-state index in [1.165, 1.54) is 0 Å². The van der Waals surface area contributed by atoms with Crippen molar-refractivity contribution >= 4 is 11.8 Å². The van der Waals surface area contributed by atoms with Crippen LogP contribution in [0.2, 0.25) is 0 Å². The molecule has 8 nitrogen and oxygen atoms in total. The lowest BCUT2D eigenvalue weighted by molar-refractivity contribution is -0.322. The van der Waals surface area contributed by atoms with Crippen molar-refractivity contribution in [3.05, 3.63) is 0 Å². The van der Waals surface area contributed by atoms with Crippen molar-refractivity contribution in [2.45, 2.75) is 96.0 Å². The molecule has 8 heteroatoms. The molecule has 0 aromatic heterocycles. The van der Waals surface area contributed by atoms with Crippen LogP contribution in [0.3, 0.4) is 0 Å². The summed E-state index contributed by atoms with van der Waals surface area (Å²) in [6.45, 7) is 14.7. The molecule has 2 atom stereocenters. The highest BCUT2D eigenvalue weighted by Gasteiger charge is 2.69. The topological polar surface area (TPSA) is 122 Å². The Morgan fingerprint density at radius 1 is 1.00 bits per heavy atom. The molecule has 0 spiro atoms. The van der Waals surface area contributed by atoms with Crippen molar-refractivity contribution in [3.8, 4) is 0 Å². The minimum atomic E-state index is -1.47. The molecule has 2 unspecified atom stereocenters. The summed E-state index contributed by atoms with van der Waals surface area (Å²) in [6, 6.07) is 0. The summed E-state index contributed by atoms with van der Waals surface area (Å²) in [5.74, 6) is -1.50. The number of rotatable bonds is 4. The second kappa shape index (κ2) is 5.64. The van der Waals surface area contributed by atoms with Crippen LogP contribution < -0.4 is 11.5 Å². The standard InChI is InChI=1S/C18H34N4O4/c1-14(2)9-11(12(19)23)16(5,6)22(14)26-18(13(20)24)10-15(3,4)21(25)17(18,7)8/h11,25H,9-10H2,1-8H3,(H2,19,23)(H2,20,24). The Hall–Kier alpha value is -1.22. The number of carbonyl (C=O) groups is 2. The Morgan fingerprint density at radius 2 is 1.50 bits per heavy atom. The summed E-state index contributed by atoms with van der Waals surface area (Å²) >= 11 is 0. The summed E-state index contributed by atoms with van der Waals surface area (Å²) < 4.78 is 0. The molecule has 2 heterocycles. The molecule has 2 amide bonds. The minimum Gasteiger partial charge on any atom is -0.369 e. The highest BCUT2D eigenvalue weighted by molar-refractivity contribution is 5.86. The molecule has 0 aromatic rings. The number of carbonyl (C=O) groups excluding carboxylic acids is 2. The molecule has 0 bridgehead atoms. The average Bonchev–Trinajstić information content (AvgIpc) is 2.71. The van der Waals surface area contributed by atoms with Crippen molar-refractivity contribution in [1.29, 1.82) is 0 Å². The first kappa shape index (κ1) is 21.1. The van der Waals surface area contributed by atoms with Gasteiger partial charge >= 0.3 is 0 Å². The van der Waals surface area contributed by atoms with Gasteiger partial charge in [-0.3, -0.25) is 14.4 Å². The number of hydrogen-bond donors (Lipinski definition) is 3. The lowest BCUT2D eigenvalue weighted by Gasteiger charge is -2.48. The summed E-state index contributed by atoms with van der Waals surface area (Å²) in [5.41, 5.74) is 6.91. The largest absolute Gasteiger partial charge is 0.369 e. The van der Waals surface area contributed by atoms with Gasteiger partial charge in [-0.15, -0.1) is 0 Å². The van der Waals surface area contributed by atoms with E-state index in [1.807, 2.05) is 41.5 Å². The first-order valence-electron chi connectivity index (χ1n) is 9.01. The third-order valence-corrected chi connectivity index (χ3v) is 6.39. The zero-order valence-corrected chi connectivity index (χ0v) is 17.2. The second-order valence-electron chi connectivity index (χ2n) is 10.1. The molecule has 2 rings (SSSR count). The van der Waals surface area contributed by atoms with Crippen molar-refractivity contribution in [3.63, 3.8) is 0 Å². The fourth-order valence-electron chi connectivity index (χ4n) is 5.01. The monoisotopic (exact) mass is 370 g/mol. The number of hydroxylamine groups is 4. The van der Waals surface area contributed by atoms with Crippen molar-refractivity contribution in [2.75, 3.05) is 0 Å². The molecule has 0 saturated carbocycles. The van der Waals surface area contributed by atoms with E-state index >= 15 is 0 Å². The molecular weight excluding hydrogens is 336 g/mol. The lowest BCUT2D eigenvalue weighted by Crippen LogP contribution is -2.66. The van der Waals surface area contributed by atoms with E-state index in [9.17, 15) is 14.8 Å². The van der Waals surface area contributed by atoms with E-state index in [1.54, 1.807) is 18.9 Å². The Bertz CT molecular complexity index is 629. The van der Waals surface area contributed by atoms with Gasteiger partial charge in [0, 0.05) is 17.5 Å². The van der Waals surface area contributed by atoms with Crippen LogP contribution in [0.25, 0.3) is 0 Å². The third kappa shape index (κ3) is 2.66. The van der Waals surface area contributed by atoms with Gasteiger partial charge in [0.1, 0.15) is 0 Å². The fraction of sp³-hybridized carbons (Fsp3) is 0.889. The maximum Gasteiger partial charge on any atom is 0.253 e. The van der Waals surface area contributed by atoms with Crippen LogP contribution in [0.5, 0.6) is 0 Å². The van der Waals surface area contributed by atoms with E-state index in [2.05, 4.69) is 0 Å². The summed E-state index contributed by atoms with van der Waals surface area (Å²) in [5, 5.41) is 13.5. The Balaban J connectivity index is 2.55. The van der Waals surface area contributed by atoms with Gasteiger partial charge in [0.25, 0.3) is 5.91 Å². The Kier molecular flexibility index (Phi) is 4.57. The maximum absolute atomic E-state index is 12.6. The van der Waals surface area contributed by atoms with Gasteiger partial charge in [0.05, 0.1) is 17.0 Å². The molecule has 0 aromatic carbocycles. The van der Waals surface area contributed by atoms with Crippen molar-refractivity contribution in [2.24, 2.45) is 17.4 Å². The number of hydrogen-bond acceptors (Lipinski definition) is 6. The zero-order chi connectivity index (χ0) is 20.5. The van der Waals surface area contributed by atoms with Crippen molar-refractivity contribution < 1.29 is 19.6 Å². The number of nitrogens with zero attached hydrogens (tertiary/aromatic N) is 2. The van der Waals surface area contributed by atoms with Gasteiger partial charge in [-0.1, -0.05) is 0 Å². The molecule has 0 radical (unpaired) electrons. The first-order chi connectivity index (χ1) is 11.4. The lowest BCUT2D eigenvalue weighted by atomic mass is 9.81. The Morgan fingerprint density at radius 3 is 1.81 bits per heavy atom. The highest BCUT2D eigenvalue weighted by atomic mass is 16.7.